The van der Waals surface area contributed by atoms with Crippen LogP contribution in [0.4, 0.5) is 11.4 Å². The monoisotopic (exact) mass is 513 g/mol. The van der Waals surface area contributed by atoms with E-state index < -0.39 is 5.41 Å². The van der Waals surface area contributed by atoms with E-state index in [2.05, 4.69) is 121 Å². The van der Waals surface area contributed by atoms with E-state index in [1.54, 1.807) is 0 Å². The van der Waals surface area contributed by atoms with Gasteiger partial charge in [0.1, 0.15) is 17.1 Å². The minimum absolute atomic E-state index is 0.486. The summed E-state index contributed by atoms with van der Waals surface area (Å²) in [7, 11) is 0. The first-order valence-electron chi connectivity index (χ1n) is 13.6. The summed E-state index contributed by atoms with van der Waals surface area (Å²) in [5.41, 5.74) is 10.6. The van der Waals surface area contributed by atoms with Crippen molar-refractivity contribution in [1.29, 1.82) is 0 Å². The fourth-order valence-corrected chi connectivity index (χ4v) is 6.94. The molecule has 1 aliphatic heterocycles. The Morgan fingerprint density at radius 2 is 1.15 bits per heavy atom. The van der Waals surface area contributed by atoms with E-state index in [1.807, 2.05) is 18.2 Å². The molecule has 0 saturated heterocycles. The Kier molecular flexibility index (Phi) is 4.26. The maximum atomic E-state index is 6.56. The lowest BCUT2D eigenvalue weighted by molar-refractivity contribution is 0.436. The van der Waals surface area contributed by atoms with Gasteiger partial charge < -0.3 is 14.5 Å². The maximum Gasteiger partial charge on any atom is 0.158 e. The number of ether oxygens (including phenoxy) is 1. The van der Waals surface area contributed by atoms with Crippen LogP contribution in [0.5, 0.6) is 11.5 Å². The topological polar surface area (TPSA) is 34.4 Å². The molecule has 2 aliphatic rings. The molecule has 0 atom stereocenters. The van der Waals surface area contributed by atoms with E-state index >= 15 is 0 Å². The first-order valence-corrected chi connectivity index (χ1v) is 13.6. The molecule has 0 fully saturated rings. The highest BCUT2D eigenvalue weighted by Crippen LogP contribution is 2.62. The molecule has 0 radical (unpaired) electrons. The average Bonchev–Trinajstić information content (AvgIpc) is 3.53. The minimum Gasteiger partial charge on any atom is -0.457 e. The molecule has 7 aromatic rings. The van der Waals surface area contributed by atoms with Crippen molar-refractivity contribution in [2.24, 2.45) is 0 Å². The number of hydrogen-bond acceptors (Lipinski definition) is 3. The van der Waals surface area contributed by atoms with Gasteiger partial charge in [-0.1, -0.05) is 97.1 Å². The van der Waals surface area contributed by atoms with Gasteiger partial charge in [0, 0.05) is 27.6 Å². The van der Waals surface area contributed by atoms with Gasteiger partial charge in [-0.2, -0.15) is 0 Å². The minimum atomic E-state index is -0.486. The van der Waals surface area contributed by atoms with Crippen molar-refractivity contribution in [3.8, 4) is 22.6 Å². The van der Waals surface area contributed by atoms with Gasteiger partial charge in [0.2, 0.25) is 0 Å². The summed E-state index contributed by atoms with van der Waals surface area (Å²) in [5, 5.41) is 5.91. The Hall–Kier alpha value is -5.28. The van der Waals surface area contributed by atoms with E-state index in [0.717, 1.165) is 55.9 Å². The largest absolute Gasteiger partial charge is 0.457 e. The molecule has 3 nitrogen and oxygen atoms in total. The highest BCUT2D eigenvalue weighted by Gasteiger charge is 2.50. The Morgan fingerprint density at radius 1 is 0.500 bits per heavy atom. The van der Waals surface area contributed by atoms with Crippen LogP contribution < -0.4 is 10.1 Å². The number of para-hydroxylation sites is 3. The molecule has 6 aromatic carbocycles. The molecule has 0 amide bonds. The molecular weight excluding hydrogens is 490 g/mol. The van der Waals surface area contributed by atoms with E-state index in [4.69, 9.17) is 9.15 Å². The zero-order valence-corrected chi connectivity index (χ0v) is 21.5. The molecule has 1 aliphatic carbocycles. The van der Waals surface area contributed by atoms with Crippen molar-refractivity contribution in [3.63, 3.8) is 0 Å². The summed E-state index contributed by atoms with van der Waals surface area (Å²) >= 11 is 0. The van der Waals surface area contributed by atoms with Crippen LogP contribution in [0.25, 0.3) is 33.1 Å². The van der Waals surface area contributed by atoms with Gasteiger partial charge in [-0.05, 0) is 58.7 Å². The van der Waals surface area contributed by atoms with Gasteiger partial charge in [-0.15, -0.1) is 0 Å². The Labute approximate surface area is 231 Å². The lowest BCUT2D eigenvalue weighted by Crippen LogP contribution is -2.32. The summed E-state index contributed by atoms with van der Waals surface area (Å²) in [6, 6.07) is 47.0. The number of fused-ring (bicyclic) bond motifs is 12. The van der Waals surface area contributed by atoms with Crippen LogP contribution in [-0.4, -0.2) is 0 Å². The normalized spacial score (nSPS) is 13.9. The van der Waals surface area contributed by atoms with Gasteiger partial charge in [0.15, 0.2) is 5.58 Å². The zero-order valence-electron chi connectivity index (χ0n) is 21.5. The lowest BCUT2D eigenvalue weighted by atomic mass is 9.66. The van der Waals surface area contributed by atoms with Crippen LogP contribution in [0, 0.1) is 0 Å². The molecule has 9 rings (SSSR count). The van der Waals surface area contributed by atoms with Crippen LogP contribution in [0.2, 0.25) is 0 Å². The summed E-state index contributed by atoms with van der Waals surface area (Å²) < 4.78 is 12.9. The number of furan rings is 1. The summed E-state index contributed by atoms with van der Waals surface area (Å²) in [6.07, 6.45) is 0. The number of hydrogen-bond donors (Lipinski definition) is 1. The summed E-state index contributed by atoms with van der Waals surface area (Å²) in [5.74, 6) is 1.77. The SMILES string of the molecule is c1ccc2c(c1)Oc1ccc(Nc3cccc4c3oc3ccccc34)cc1C21c2ccccc2-c2ccccc21. The molecule has 1 spiro atoms. The molecule has 1 N–H and O–H groups in total. The third kappa shape index (κ3) is 2.73. The molecule has 188 valence electrons. The van der Waals surface area contributed by atoms with Crippen LogP contribution in [0.1, 0.15) is 22.3 Å². The molecular formula is C37H23NO2. The molecule has 2 heterocycles. The van der Waals surface area contributed by atoms with Crippen molar-refractivity contribution in [2.75, 3.05) is 5.32 Å². The standard InChI is InChI=1S/C37H23NO2/c1-4-14-28-24(10-1)25-11-2-5-15-29(25)37(28)30-16-6-8-19-34(30)39-35-21-20-23(22-31(35)37)38-32-17-9-13-27-26-12-3-7-18-33(26)40-36(27)32/h1-22,38H. The van der Waals surface area contributed by atoms with Crippen LogP contribution >= 0.6 is 0 Å². The predicted molar refractivity (Wildman–Crippen MR) is 161 cm³/mol. The average molecular weight is 514 g/mol. The van der Waals surface area contributed by atoms with Crippen LogP contribution in [0.3, 0.4) is 0 Å². The van der Waals surface area contributed by atoms with Crippen LogP contribution in [-0.2, 0) is 5.41 Å². The number of rotatable bonds is 2. The molecule has 1 aromatic heterocycles. The van der Waals surface area contributed by atoms with Crippen LogP contribution in [0.15, 0.2) is 138 Å². The zero-order chi connectivity index (χ0) is 26.3. The van der Waals surface area contributed by atoms with Gasteiger partial charge >= 0.3 is 0 Å². The van der Waals surface area contributed by atoms with Crippen molar-refractivity contribution in [2.45, 2.75) is 5.41 Å². The quantitative estimate of drug-likeness (QED) is 0.250. The smallest absolute Gasteiger partial charge is 0.158 e. The summed E-state index contributed by atoms with van der Waals surface area (Å²) in [4.78, 5) is 0. The third-order valence-corrected chi connectivity index (χ3v) is 8.53. The number of benzene rings is 6. The first-order chi connectivity index (χ1) is 19.8. The second-order valence-corrected chi connectivity index (χ2v) is 10.6. The molecule has 3 heteroatoms. The number of nitrogens with one attached hydrogen (secondary N) is 1. The fraction of sp³-hybridized carbons (Fsp3) is 0.0270. The van der Waals surface area contributed by atoms with Gasteiger partial charge in [0.25, 0.3) is 0 Å². The van der Waals surface area contributed by atoms with Crippen molar-refractivity contribution >= 4 is 33.3 Å². The highest BCUT2D eigenvalue weighted by molar-refractivity contribution is 6.09. The third-order valence-electron chi connectivity index (χ3n) is 8.53. The maximum absolute atomic E-state index is 6.56. The lowest BCUT2D eigenvalue weighted by Gasteiger charge is -2.39. The van der Waals surface area contributed by atoms with Gasteiger partial charge in [0.05, 0.1) is 11.1 Å². The van der Waals surface area contributed by atoms with Gasteiger partial charge in [-0.25, -0.2) is 0 Å². The fourth-order valence-electron chi connectivity index (χ4n) is 6.94. The highest BCUT2D eigenvalue weighted by atomic mass is 16.5. The Morgan fingerprint density at radius 3 is 1.98 bits per heavy atom. The Balaban J connectivity index is 1.29. The van der Waals surface area contributed by atoms with Gasteiger partial charge in [-0.3, -0.25) is 0 Å². The molecule has 0 bridgehead atoms. The van der Waals surface area contributed by atoms with E-state index in [-0.39, 0.29) is 0 Å². The first kappa shape index (κ1) is 21.6. The Bertz CT molecular complexity index is 2090. The van der Waals surface area contributed by atoms with E-state index in [1.165, 1.54) is 22.3 Å². The molecule has 0 saturated carbocycles. The second kappa shape index (κ2) is 7.87. The van der Waals surface area contributed by atoms with Crippen molar-refractivity contribution in [1.82, 2.24) is 0 Å². The molecule has 40 heavy (non-hydrogen) atoms. The molecule has 0 unspecified atom stereocenters. The predicted octanol–water partition coefficient (Wildman–Crippen LogP) is 9.80. The van der Waals surface area contributed by atoms with Crippen molar-refractivity contribution in [3.05, 3.63) is 156 Å². The summed E-state index contributed by atoms with van der Waals surface area (Å²) in [6.45, 7) is 0. The second-order valence-electron chi connectivity index (χ2n) is 10.6. The van der Waals surface area contributed by atoms with Crippen molar-refractivity contribution < 1.29 is 9.15 Å². The van der Waals surface area contributed by atoms with E-state index in [0.29, 0.717) is 0 Å². The number of anilines is 2. The van der Waals surface area contributed by atoms with E-state index in [9.17, 15) is 0 Å².